The first-order chi connectivity index (χ1) is 9.63. The third kappa shape index (κ3) is 2.56. The van der Waals surface area contributed by atoms with Gasteiger partial charge in [0.25, 0.3) is 0 Å². The van der Waals surface area contributed by atoms with E-state index in [2.05, 4.69) is 9.97 Å². The highest BCUT2D eigenvalue weighted by Gasteiger charge is 2.35. The van der Waals surface area contributed by atoms with E-state index in [-0.39, 0.29) is 11.3 Å². The fourth-order valence-corrected chi connectivity index (χ4v) is 3.25. The average molecular weight is 289 g/mol. The van der Waals surface area contributed by atoms with Gasteiger partial charge in [0.1, 0.15) is 16.9 Å². The molecule has 0 aromatic carbocycles. The number of hydrogen-bond donors (Lipinski definition) is 0. The lowest BCUT2D eigenvalue weighted by atomic mass is 10.3. The van der Waals surface area contributed by atoms with Crippen LogP contribution in [0.4, 0.5) is 0 Å². The molecule has 6 heteroatoms. The highest BCUT2D eigenvalue weighted by Crippen LogP contribution is 2.39. The van der Waals surface area contributed by atoms with Crippen molar-refractivity contribution in [3.63, 3.8) is 0 Å². The molecule has 0 saturated carbocycles. The summed E-state index contributed by atoms with van der Waals surface area (Å²) in [4.78, 5) is 22.4. The smallest absolute Gasteiger partial charge is 0.234 e. The van der Waals surface area contributed by atoms with Gasteiger partial charge in [0.05, 0.1) is 29.9 Å². The Morgan fingerprint density at radius 2 is 2.20 bits per heavy atom. The molecule has 0 radical (unpaired) electrons. The van der Waals surface area contributed by atoms with Gasteiger partial charge >= 0.3 is 0 Å². The second kappa shape index (κ2) is 5.28. The number of hydrogen-bond acceptors (Lipinski definition) is 5. The molecule has 3 heterocycles. The minimum Gasteiger partial charge on any atom is -0.463 e. The maximum Gasteiger partial charge on any atom is 0.234 e. The highest BCUT2D eigenvalue weighted by atomic mass is 32.2. The first kappa shape index (κ1) is 13.2. The fraction of sp³-hybridized carbons (Fsp3) is 0.357. The normalized spacial score (nSPS) is 18.8. The number of amides is 1. The van der Waals surface area contributed by atoms with Crippen molar-refractivity contribution in [2.75, 3.05) is 5.75 Å². The summed E-state index contributed by atoms with van der Waals surface area (Å²) in [5.41, 5.74) is 1.66. The van der Waals surface area contributed by atoms with Gasteiger partial charge in [-0.15, -0.1) is 11.8 Å². The first-order valence-corrected chi connectivity index (χ1v) is 7.43. The predicted molar refractivity (Wildman–Crippen MR) is 76.0 cm³/mol. The molecule has 3 rings (SSSR count). The van der Waals surface area contributed by atoms with Crippen LogP contribution in [0, 0.1) is 13.8 Å². The number of carbonyl (C=O) groups excluding carboxylic acids is 1. The van der Waals surface area contributed by atoms with E-state index in [0.29, 0.717) is 12.3 Å². The highest BCUT2D eigenvalue weighted by molar-refractivity contribution is 8.00. The molecule has 1 atom stereocenters. The van der Waals surface area contributed by atoms with Gasteiger partial charge in [-0.3, -0.25) is 14.8 Å². The van der Waals surface area contributed by atoms with Gasteiger partial charge in [-0.05, 0) is 26.0 Å². The number of rotatable bonds is 3. The Kier molecular flexibility index (Phi) is 3.48. The number of aryl methyl sites for hydroxylation is 2. The molecule has 2 aromatic heterocycles. The van der Waals surface area contributed by atoms with Gasteiger partial charge in [-0.25, -0.2) is 0 Å². The van der Waals surface area contributed by atoms with Crippen LogP contribution in [0.15, 0.2) is 28.9 Å². The Balaban J connectivity index is 1.82. The van der Waals surface area contributed by atoms with Crippen LogP contribution in [-0.2, 0) is 11.3 Å². The molecule has 104 valence electrons. The molecule has 0 bridgehead atoms. The summed E-state index contributed by atoms with van der Waals surface area (Å²) in [7, 11) is 0. The zero-order valence-electron chi connectivity index (χ0n) is 11.4. The maximum atomic E-state index is 12.1. The summed E-state index contributed by atoms with van der Waals surface area (Å²) in [6, 6.07) is 3.85. The van der Waals surface area contributed by atoms with Crippen molar-refractivity contribution in [2.24, 2.45) is 0 Å². The SMILES string of the molecule is Cc1cnc(CN2C(=O)CSC2c2ccc(C)o2)cn1. The summed E-state index contributed by atoms with van der Waals surface area (Å²) in [6.45, 7) is 4.26. The Morgan fingerprint density at radius 1 is 1.35 bits per heavy atom. The Bertz CT molecular complexity index is 624. The molecule has 1 saturated heterocycles. The third-order valence-electron chi connectivity index (χ3n) is 3.14. The molecule has 2 aromatic rings. The number of aromatic nitrogens is 2. The van der Waals surface area contributed by atoms with Crippen molar-refractivity contribution in [3.8, 4) is 0 Å². The zero-order valence-corrected chi connectivity index (χ0v) is 12.2. The summed E-state index contributed by atoms with van der Waals surface area (Å²) < 4.78 is 5.65. The van der Waals surface area contributed by atoms with Gasteiger partial charge in [0.2, 0.25) is 5.91 Å². The molecular weight excluding hydrogens is 274 g/mol. The van der Waals surface area contributed by atoms with Crippen molar-refractivity contribution in [3.05, 3.63) is 47.4 Å². The van der Waals surface area contributed by atoms with Crippen molar-refractivity contribution < 1.29 is 9.21 Å². The minimum absolute atomic E-state index is 0.0701. The van der Waals surface area contributed by atoms with Gasteiger partial charge in [0.15, 0.2) is 0 Å². The van der Waals surface area contributed by atoms with Crippen molar-refractivity contribution in [1.29, 1.82) is 0 Å². The van der Waals surface area contributed by atoms with Crippen LogP contribution in [0.25, 0.3) is 0 Å². The molecule has 1 amide bonds. The lowest BCUT2D eigenvalue weighted by molar-refractivity contribution is -0.128. The molecule has 20 heavy (non-hydrogen) atoms. The van der Waals surface area contributed by atoms with Crippen LogP contribution in [-0.4, -0.2) is 26.5 Å². The summed E-state index contributed by atoms with van der Waals surface area (Å²) >= 11 is 1.58. The third-order valence-corrected chi connectivity index (χ3v) is 4.36. The quantitative estimate of drug-likeness (QED) is 0.868. The van der Waals surface area contributed by atoms with Crippen molar-refractivity contribution >= 4 is 17.7 Å². The number of thioether (sulfide) groups is 1. The van der Waals surface area contributed by atoms with E-state index < -0.39 is 0 Å². The summed E-state index contributed by atoms with van der Waals surface area (Å²) in [5.74, 6) is 2.26. The topological polar surface area (TPSA) is 59.2 Å². The molecule has 1 aliphatic heterocycles. The average Bonchev–Trinajstić information content (AvgIpc) is 3.00. The Labute approximate surface area is 121 Å². The van der Waals surface area contributed by atoms with Crippen LogP contribution in [0.3, 0.4) is 0 Å². The van der Waals surface area contributed by atoms with Crippen molar-refractivity contribution in [1.82, 2.24) is 14.9 Å². The summed E-state index contributed by atoms with van der Waals surface area (Å²) in [6.07, 6.45) is 3.44. The van der Waals surface area contributed by atoms with E-state index >= 15 is 0 Å². The monoisotopic (exact) mass is 289 g/mol. The van der Waals surface area contributed by atoms with Crippen LogP contribution in [0.2, 0.25) is 0 Å². The minimum atomic E-state index is -0.0701. The fourth-order valence-electron chi connectivity index (χ4n) is 2.12. The molecule has 0 N–H and O–H groups in total. The number of furan rings is 1. The van der Waals surface area contributed by atoms with Gasteiger partial charge in [-0.1, -0.05) is 0 Å². The number of nitrogens with zero attached hydrogens (tertiary/aromatic N) is 3. The molecule has 0 aliphatic carbocycles. The molecular formula is C14H15N3O2S. The van der Waals surface area contributed by atoms with Crippen LogP contribution < -0.4 is 0 Å². The molecule has 1 unspecified atom stereocenters. The number of carbonyl (C=O) groups is 1. The maximum absolute atomic E-state index is 12.1. The standard InChI is InChI=1S/C14H15N3O2S/c1-9-5-16-11(6-15-9)7-17-13(18)8-20-14(17)12-4-3-10(2)19-12/h3-6,14H,7-8H2,1-2H3. The first-order valence-electron chi connectivity index (χ1n) is 6.38. The molecule has 1 aliphatic rings. The van der Waals surface area contributed by atoms with Gasteiger partial charge in [0, 0.05) is 6.20 Å². The molecule has 1 fully saturated rings. The van der Waals surface area contributed by atoms with Crippen LogP contribution in [0.1, 0.15) is 28.3 Å². The van der Waals surface area contributed by atoms with Crippen LogP contribution >= 0.6 is 11.8 Å². The summed E-state index contributed by atoms with van der Waals surface area (Å²) in [5, 5.41) is -0.0701. The van der Waals surface area contributed by atoms with E-state index in [1.807, 2.05) is 26.0 Å². The van der Waals surface area contributed by atoms with E-state index in [9.17, 15) is 4.79 Å². The Hall–Kier alpha value is -1.82. The second-order valence-corrected chi connectivity index (χ2v) is 5.85. The van der Waals surface area contributed by atoms with E-state index in [4.69, 9.17) is 4.42 Å². The predicted octanol–water partition coefficient (Wildman–Crippen LogP) is 2.46. The lowest BCUT2D eigenvalue weighted by Crippen LogP contribution is -2.28. The van der Waals surface area contributed by atoms with Gasteiger partial charge < -0.3 is 9.32 Å². The largest absolute Gasteiger partial charge is 0.463 e. The van der Waals surface area contributed by atoms with Gasteiger partial charge in [-0.2, -0.15) is 0 Å². The molecule has 0 spiro atoms. The van der Waals surface area contributed by atoms with Crippen LogP contribution in [0.5, 0.6) is 0 Å². The van der Waals surface area contributed by atoms with E-state index in [1.54, 1.807) is 29.1 Å². The Morgan fingerprint density at radius 3 is 2.85 bits per heavy atom. The van der Waals surface area contributed by atoms with E-state index in [0.717, 1.165) is 22.9 Å². The molecule has 5 nitrogen and oxygen atoms in total. The van der Waals surface area contributed by atoms with E-state index in [1.165, 1.54) is 0 Å². The van der Waals surface area contributed by atoms with Crippen molar-refractivity contribution in [2.45, 2.75) is 25.8 Å². The zero-order chi connectivity index (χ0) is 14.1. The lowest BCUT2D eigenvalue weighted by Gasteiger charge is -2.21. The second-order valence-electron chi connectivity index (χ2n) is 4.78.